The van der Waals surface area contributed by atoms with E-state index in [0.717, 1.165) is 10.2 Å². The van der Waals surface area contributed by atoms with Crippen molar-refractivity contribution >= 4 is 17.3 Å². The molecule has 0 bridgehead atoms. The molecule has 0 saturated carbocycles. The van der Waals surface area contributed by atoms with E-state index in [4.69, 9.17) is 0 Å². The number of amides is 1. The Balaban J connectivity index is 2.88. The first-order valence-corrected chi connectivity index (χ1v) is 5.75. The van der Waals surface area contributed by atoms with E-state index in [1.807, 2.05) is 24.3 Å². The van der Waals surface area contributed by atoms with E-state index in [2.05, 4.69) is 39.8 Å². The predicted molar refractivity (Wildman–Crippen MR) is 74.0 cm³/mol. The number of anilines is 1. The van der Waals surface area contributed by atoms with Gasteiger partial charge in [0.05, 0.1) is 20.1 Å². The predicted octanol–water partition coefficient (Wildman–Crippen LogP) is 2.79. The van der Waals surface area contributed by atoms with E-state index in [1.54, 1.807) is 0 Å². The van der Waals surface area contributed by atoms with Gasteiger partial charge in [-0.05, 0) is 32.1 Å². The molecule has 0 aliphatic heterocycles. The molecule has 0 saturated heterocycles. The average Bonchev–Trinajstić information content (AvgIpc) is 2.29. The minimum Gasteiger partial charge on any atom is -0.323 e. The molecule has 17 heavy (non-hydrogen) atoms. The number of quaternary nitrogens is 1. The van der Waals surface area contributed by atoms with Gasteiger partial charge in [-0.2, -0.15) is 0 Å². The molecule has 0 fully saturated rings. The summed E-state index contributed by atoms with van der Waals surface area (Å²) >= 11 is 0. The summed E-state index contributed by atoms with van der Waals surface area (Å²) in [5.74, 6) is -0.185. The normalized spacial score (nSPS) is 11.4. The van der Waals surface area contributed by atoms with Crippen molar-refractivity contribution in [2.75, 3.05) is 19.4 Å². The second kappa shape index (κ2) is 5.15. The highest BCUT2D eigenvalue weighted by molar-refractivity contribution is 5.98. The molecule has 0 unspecified atom stereocenters. The topological polar surface area (TPSA) is 29.1 Å². The Morgan fingerprint density at radius 3 is 2.24 bits per heavy atom. The van der Waals surface area contributed by atoms with Crippen molar-refractivity contribution in [3.05, 3.63) is 36.9 Å². The van der Waals surface area contributed by atoms with Crippen LogP contribution in [0.2, 0.25) is 0 Å². The lowest BCUT2D eigenvalue weighted by molar-refractivity contribution is -0.111. The van der Waals surface area contributed by atoms with Crippen molar-refractivity contribution in [2.24, 2.45) is 0 Å². The second-order valence-electron chi connectivity index (χ2n) is 4.87. The maximum absolute atomic E-state index is 11.1. The largest absolute Gasteiger partial charge is 0.323 e. The highest BCUT2D eigenvalue weighted by atomic mass is 16.1. The minimum atomic E-state index is -0.185. The molecule has 92 valence electrons. The van der Waals surface area contributed by atoms with Crippen molar-refractivity contribution in [3.63, 3.8) is 0 Å². The Morgan fingerprint density at radius 1 is 1.29 bits per heavy atom. The first-order valence-electron chi connectivity index (χ1n) is 5.75. The Labute approximate surface area is 103 Å². The van der Waals surface area contributed by atoms with Crippen LogP contribution in [-0.2, 0) is 4.79 Å². The zero-order valence-electron chi connectivity index (χ0n) is 11.0. The van der Waals surface area contributed by atoms with E-state index < -0.39 is 0 Å². The molecule has 1 aromatic carbocycles. The monoisotopic (exact) mass is 233 g/mol. The summed E-state index contributed by atoms with van der Waals surface area (Å²) in [6.07, 6.45) is 1.27. The van der Waals surface area contributed by atoms with Gasteiger partial charge in [0, 0.05) is 17.8 Å². The zero-order valence-corrected chi connectivity index (χ0v) is 11.0. The fourth-order valence-electron chi connectivity index (χ4n) is 1.42. The Bertz CT molecular complexity index is 405. The van der Waals surface area contributed by atoms with Crippen LogP contribution in [0.3, 0.4) is 0 Å². The van der Waals surface area contributed by atoms with Gasteiger partial charge in [0.15, 0.2) is 0 Å². The summed E-state index contributed by atoms with van der Waals surface area (Å²) in [4.78, 5) is 11.1. The van der Waals surface area contributed by atoms with Gasteiger partial charge in [0.25, 0.3) is 0 Å². The van der Waals surface area contributed by atoms with E-state index in [1.165, 1.54) is 11.8 Å². The van der Waals surface area contributed by atoms with Crippen molar-refractivity contribution < 1.29 is 4.79 Å². The summed E-state index contributed by atoms with van der Waals surface area (Å²) in [5, 5.41) is 2.74. The molecular weight excluding hydrogens is 212 g/mol. The van der Waals surface area contributed by atoms with Gasteiger partial charge in [0.1, 0.15) is 5.69 Å². The van der Waals surface area contributed by atoms with E-state index in [-0.39, 0.29) is 5.91 Å². The zero-order chi connectivity index (χ0) is 13.1. The number of nitrogens with one attached hydrogen (secondary N) is 1. The average molecular weight is 233 g/mol. The van der Waals surface area contributed by atoms with Crippen LogP contribution in [0.4, 0.5) is 11.4 Å². The molecule has 0 aliphatic rings. The lowest BCUT2D eigenvalue weighted by Gasteiger charge is -2.33. The lowest BCUT2D eigenvalue weighted by atomic mass is 10.2. The van der Waals surface area contributed by atoms with Gasteiger partial charge in [-0.3, -0.25) is 9.28 Å². The molecule has 3 heteroatoms. The quantitative estimate of drug-likeness (QED) is 0.629. The molecule has 1 amide bonds. The van der Waals surface area contributed by atoms with Crippen LogP contribution in [0.15, 0.2) is 36.9 Å². The molecule has 0 spiro atoms. The first kappa shape index (κ1) is 13.5. The van der Waals surface area contributed by atoms with Gasteiger partial charge in [-0.1, -0.05) is 6.58 Å². The summed E-state index contributed by atoms with van der Waals surface area (Å²) in [6.45, 7) is 7.80. The third-order valence-electron chi connectivity index (χ3n) is 3.28. The maximum atomic E-state index is 11.1. The molecule has 0 aliphatic carbocycles. The molecule has 0 heterocycles. The maximum Gasteiger partial charge on any atom is 0.247 e. The summed E-state index contributed by atoms with van der Waals surface area (Å²) < 4.78 is 0.815. The lowest BCUT2D eigenvalue weighted by Crippen LogP contribution is -2.46. The smallest absolute Gasteiger partial charge is 0.247 e. The van der Waals surface area contributed by atoms with Crippen molar-refractivity contribution in [2.45, 2.75) is 19.9 Å². The molecule has 0 radical (unpaired) electrons. The number of nitrogens with zero attached hydrogens (tertiary/aromatic N) is 1. The number of carbonyl (C=O) groups excluding carboxylic acids is 1. The van der Waals surface area contributed by atoms with Crippen molar-refractivity contribution in [1.29, 1.82) is 0 Å². The number of hydrogen-bond donors (Lipinski definition) is 1. The van der Waals surface area contributed by atoms with Gasteiger partial charge in [-0.15, -0.1) is 0 Å². The highest BCUT2D eigenvalue weighted by Crippen LogP contribution is 2.23. The van der Waals surface area contributed by atoms with Gasteiger partial charge < -0.3 is 5.32 Å². The molecular formula is C14H21N2O+. The summed E-state index contributed by atoms with van der Waals surface area (Å²) in [5.41, 5.74) is 2.01. The third kappa shape index (κ3) is 3.17. The molecule has 1 N–H and O–H groups in total. The third-order valence-corrected chi connectivity index (χ3v) is 3.28. The summed E-state index contributed by atoms with van der Waals surface area (Å²) in [6, 6.07) is 8.42. The molecule has 0 aromatic heterocycles. The van der Waals surface area contributed by atoms with Crippen molar-refractivity contribution in [1.82, 2.24) is 4.48 Å². The van der Waals surface area contributed by atoms with Gasteiger partial charge in [0.2, 0.25) is 5.91 Å². The van der Waals surface area contributed by atoms with Crippen LogP contribution < -0.4 is 9.80 Å². The van der Waals surface area contributed by atoms with E-state index in [0.29, 0.717) is 6.04 Å². The van der Waals surface area contributed by atoms with Crippen LogP contribution in [0.5, 0.6) is 0 Å². The minimum absolute atomic E-state index is 0.185. The van der Waals surface area contributed by atoms with Crippen LogP contribution in [0, 0.1) is 0 Å². The Hall–Kier alpha value is -1.61. The van der Waals surface area contributed by atoms with Crippen LogP contribution in [0.1, 0.15) is 13.8 Å². The molecule has 1 aromatic rings. The SMILES string of the molecule is C=CC(=O)Nc1ccc([N+](C)(C)C(C)C)cc1. The van der Waals surface area contributed by atoms with Crippen LogP contribution >= 0.6 is 0 Å². The number of benzene rings is 1. The first-order chi connectivity index (χ1) is 7.87. The second-order valence-corrected chi connectivity index (χ2v) is 4.87. The number of carbonyl (C=O) groups is 1. The van der Waals surface area contributed by atoms with Crippen molar-refractivity contribution in [3.8, 4) is 0 Å². The van der Waals surface area contributed by atoms with Crippen LogP contribution in [0.25, 0.3) is 0 Å². The van der Waals surface area contributed by atoms with E-state index in [9.17, 15) is 4.79 Å². The molecule has 1 rings (SSSR count). The van der Waals surface area contributed by atoms with E-state index >= 15 is 0 Å². The molecule has 0 atom stereocenters. The van der Waals surface area contributed by atoms with Gasteiger partial charge in [-0.25, -0.2) is 0 Å². The van der Waals surface area contributed by atoms with Crippen LogP contribution in [-0.4, -0.2) is 26.0 Å². The number of hydrogen-bond acceptors (Lipinski definition) is 1. The fraction of sp³-hybridized carbons (Fsp3) is 0.357. The Morgan fingerprint density at radius 2 is 1.82 bits per heavy atom. The fourth-order valence-corrected chi connectivity index (χ4v) is 1.42. The standard InChI is InChI=1S/C14H20N2O/c1-6-14(17)15-12-7-9-13(10-8-12)16(4,5)11(2)3/h6-11H,1H2,2-5H3/p+1. The highest BCUT2D eigenvalue weighted by Gasteiger charge is 2.22. The number of rotatable bonds is 4. The molecule has 3 nitrogen and oxygen atoms in total. The summed E-state index contributed by atoms with van der Waals surface area (Å²) in [7, 11) is 4.34. The Kier molecular flexibility index (Phi) is 4.07. The van der Waals surface area contributed by atoms with Gasteiger partial charge >= 0.3 is 0 Å².